The van der Waals surface area contributed by atoms with E-state index < -0.39 is 0 Å². The lowest BCUT2D eigenvalue weighted by Gasteiger charge is -2.11. The van der Waals surface area contributed by atoms with Crippen molar-refractivity contribution in [3.8, 4) is 5.75 Å². The van der Waals surface area contributed by atoms with Crippen molar-refractivity contribution in [3.05, 3.63) is 40.3 Å². The number of H-pyrrole nitrogens is 1. The number of rotatable bonds is 4. The maximum Gasteiger partial charge on any atom is 0.263 e. The fourth-order valence-corrected chi connectivity index (χ4v) is 2.40. The minimum absolute atomic E-state index is 0.123. The molecular weight excluding hydrogens is 294 g/mol. The summed E-state index contributed by atoms with van der Waals surface area (Å²) in [5.74, 6) is 1.17. The number of hydrogen-bond donors (Lipinski definition) is 2. The van der Waals surface area contributed by atoms with Gasteiger partial charge in [-0.25, -0.2) is 4.68 Å². The molecule has 0 amide bonds. The van der Waals surface area contributed by atoms with Crippen molar-refractivity contribution in [1.82, 2.24) is 19.7 Å². The van der Waals surface area contributed by atoms with Crippen molar-refractivity contribution in [3.63, 3.8) is 0 Å². The predicted octanol–water partition coefficient (Wildman–Crippen LogP) is 2.76. The summed E-state index contributed by atoms with van der Waals surface area (Å²) in [7, 11) is 1.63. The molecule has 120 valence electrons. The minimum Gasteiger partial charge on any atom is -0.497 e. The molecule has 0 aliphatic heterocycles. The zero-order valence-corrected chi connectivity index (χ0v) is 13.5. The first-order chi connectivity index (χ1) is 11.0. The van der Waals surface area contributed by atoms with Crippen LogP contribution in [0.1, 0.15) is 25.5 Å². The number of nitrogens with one attached hydrogen (secondary N) is 2. The molecule has 0 spiro atoms. The summed E-state index contributed by atoms with van der Waals surface area (Å²) < 4.78 is 6.93. The van der Waals surface area contributed by atoms with Crippen molar-refractivity contribution in [1.29, 1.82) is 0 Å². The summed E-state index contributed by atoms with van der Waals surface area (Å²) in [6.45, 7) is 5.95. The second-order valence-corrected chi connectivity index (χ2v) is 5.64. The first kappa shape index (κ1) is 15.1. The highest BCUT2D eigenvalue weighted by Crippen LogP contribution is 2.23. The van der Waals surface area contributed by atoms with Crippen LogP contribution in [0.5, 0.6) is 5.75 Å². The smallest absolute Gasteiger partial charge is 0.263 e. The van der Waals surface area contributed by atoms with E-state index in [9.17, 15) is 4.79 Å². The summed E-state index contributed by atoms with van der Waals surface area (Å²) in [6, 6.07) is 5.78. The molecule has 0 aliphatic rings. The maximum atomic E-state index is 12.2. The Labute approximate surface area is 133 Å². The van der Waals surface area contributed by atoms with E-state index in [1.165, 1.54) is 0 Å². The van der Waals surface area contributed by atoms with Gasteiger partial charge in [-0.2, -0.15) is 10.1 Å². The van der Waals surface area contributed by atoms with Gasteiger partial charge in [0.25, 0.3) is 5.56 Å². The van der Waals surface area contributed by atoms with Crippen LogP contribution >= 0.6 is 0 Å². The molecular formula is C16H19N5O2. The third-order valence-corrected chi connectivity index (χ3v) is 3.64. The van der Waals surface area contributed by atoms with Crippen LogP contribution in [0.2, 0.25) is 0 Å². The first-order valence-electron chi connectivity index (χ1n) is 7.39. The second-order valence-electron chi connectivity index (χ2n) is 5.64. The molecule has 0 saturated heterocycles. The number of aromatic nitrogens is 4. The summed E-state index contributed by atoms with van der Waals surface area (Å²) in [6.07, 6.45) is 1.55. The number of aryl methyl sites for hydroxylation is 1. The van der Waals surface area contributed by atoms with Crippen molar-refractivity contribution in [2.24, 2.45) is 0 Å². The first-order valence-corrected chi connectivity index (χ1v) is 7.39. The van der Waals surface area contributed by atoms with Crippen LogP contribution in [0, 0.1) is 6.92 Å². The van der Waals surface area contributed by atoms with Crippen LogP contribution < -0.4 is 15.6 Å². The third-order valence-electron chi connectivity index (χ3n) is 3.64. The van der Waals surface area contributed by atoms with Crippen LogP contribution in [-0.4, -0.2) is 26.9 Å². The van der Waals surface area contributed by atoms with Gasteiger partial charge in [-0.3, -0.25) is 9.78 Å². The van der Waals surface area contributed by atoms with Gasteiger partial charge in [0.2, 0.25) is 5.95 Å². The van der Waals surface area contributed by atoms with Crippen molar-refractivity contribution < 1.29 is 4.74 Å². The molecule has 3 rings (SSSR count). The fraction of sp³-hybridized carbons (Fsp3) is 0.312. The highest BCUT2D eigenvalue weighted by molar-refractivity contribution is 5.75. The quantitative estimate of drug-likeness (QED) is 0.773. The number of benzene rings is 1. The highest BCUT2D eigenvalue weighted by atomic mass is 16.5. The Bertz CT molecular complexity index is 910. The topological polar surface area (TPSA) is 84.8 Å². The zero-order valence-electron chi connectivity index (χ0n) is 13.5. The Morgan fingerprint density at radius 2 is 2.13 bits per heavy atom. The van der Waals surface area contributed by atoms with Crippen molar-refractivity contribution >= 4 is 22.7 Å². The number of fused-ring (bicyclic) bond motifs is 1. The number of nitrogens with zero attached hydrogens (tertiary/aromatic N) is 3. The summed E-state index contributed by atoms with van der Waals surface area (Å²) in [5.41, 5.74) is 2.20. The van der Waals surface area contributed by atoms with Crippen LogP contribution in [0.15, 0.2) is 29.2 Å². The number of anilines is 2. The Morgan fingerprint density at radius 1 is 1.35 bits per heavy atom. The molecule has 0 bridgehead atoms. The maximum absolute atomic E-state index is 12.2. The van der Waals surface area contributed by atoms with E-state index in [0.717, 1.165) is 17.0 Å². The molecule has 23 heavy (non-hydrogen) atoms. The van der Waals surface area contributed by atoms with E-state index in [2.05, 4.69) is 20.4 Å². The van der Waals surface area contributed by atoms with Gasteiger partial charge in [0.1, 0.15) is 11.1 Å². The molecule has 0 atom stereocenters. The van der Waals surface area contributed by atoms with E-state index in [0.29, 0.717) is 17.0 Å². The summed E-state index contributed by atoms with van der Waals surface area (Å²) >= 11 is 0. The van der Waals surface area contributed by atoms with E-state index in [-0.39, 0.29) is 11.6 Å². The second kappa shape index (κ2) is 5.75. The van der Waals surface area contributed by atoms with Crippen molar-refractivity contribution in [2.75, 3.05) is 12.4 Å². The normalized spacial score (nSPS) is 11.2. The molecule has 2 aromatic heterocycles. The molecule has 2 N–H and O–H groups in total. The molecule has 7 nitrogen and oxygen atoms in total. The Balaban J connectivity index is 2.03. The molecule has 3 aromatic rings. The average molecular weight is 313 g/mol. The fourth-order valence-electron chi connectivity index (χ4n) is 2.40. The highest BCUT2D eigenvalue weighted by Gasteiger charge is 2.12. The van der Waals surface area contributed by atoms with Gasteiger partial charge in [-0.1, -0.05) is 0 Å². The lowest BCUT2D eigenvalue weighted by atomic mass is 10.2. The SMILES string of the molecule is COc1ccc(Nc2nc3c(cnn3C(C)C)c(=O)[nH]2)c(C)c1. The Morgan fingerprint density at radius 3 is 2.78 bits per heavy atom. The van der Waals surface area contributed by atoms with Crippen LogP contribution in [0.25, 0.3) is 11.0 Å². The van der Waals surface area contributed by atoms with Gasteiger partial charge in [0.05, 0.1) is 13.3 Å². The number of aromatic amines is 1. The van der Waals surface area contributed by atoms with Crippen molar-refractivity contribution in [2.45, 2.75) is 26.8 Å². The van der Waals surface area contributed by atoms with Gasteiger partial charge in [-0.05, 0) is 44.5 Å². The van der Waals surface area contributed by atoms with E-state index in [4.69, 9.17) is 4.74 Å². The Kier molecular flexibility index (Phi) is 3.77. The lowest BCUT2D eigenvalue weighted by molar-refractivity contribution is 0.414. The van der Waals surface area contributed by atoms with Gasteiger partial charge in [-0.15, -0.1) is 0 Å². The predicted molar refractivity (Wildman–Crippen MR) is 89.5 cm³/mol. The third kappa shape index (κ3) is 2.77. The monoisotopic (exact) mass is 313 g/mol. The molecule has 0 fully saturated rings. The Hall–Kier alpha value is -2.83. The molecule has 0 saturated carbocycles. The zero-order chi connectivity index (χ0) is 16.6. The van der Waals surface area contributed by atoms with Gasteiger partial charge < -0.3 is 10.1 Å². The summed E-state index contributed by atoms with van der Waals surface area (Å²) in [5, 5.41) is 7.87. The lowest BCUT2D eigenvalue weighted by Crippen LogP contribution is -2.13. The van der Waals surface area contributed by atoms with Gasteiger partial charge >= 0.3 is 0 Å². The van der Waals surface area contributed by atoms with E-state index >= 15 is 0 Å². The largest absolute Gasteiger partial charge is 0.497 e. The number of methoxy groups -OCH3 is 1. The van der Waals surface area contributed by atoms with Crippen LogP contribution in [-0.2, 0) is 0 Å². The molecule has 0 aliphatic carbocycles. The molecule has 0 radical (unpaired) electrons. The molecule has 7 heteroatoms. The molecule has 0 unspecified atom stereocenters. The van der Waals surface area contributed by atoms with E-state index in [1.807, 2.05) is 39.0 Å². The molecule has 2 heterocycles. The van der Waals surface area contributed by atoms with Crippen LogP contribution in [0.4, 0.5) is 11.6 Å². The van der Waals surface area contributed by atoms with Gasteiger partial charge in [0, 0.05) is 11.7 Å². The minimum atomic E-state index is -0.212. The number of hydrogen-bond acceptors (Lipinski definition) is 5. The van der Waals surface area contributed by atoms with Gasteiger partial charge in [0.15, 0.2) is 5.65 Å². The number of ether oxygens (including phenoxy) is 1. The van der Waals surface area contributed by atoms with Crippen LogP contribution in [0.3, 0.4) is 0 Å². The molecule has 1 aromatic carbocycles. The standard InChI is InChI=1S/C16H19N5O2/c1-9(2)21-14-12(8-17-21)15(22)20-16(19-14)18-13-6-5-11(23-4)7-10(13)3/h5-9H,1-4H3,(H2,18,19,20,22). The summed E-state index contributed by atoms with van der Waals surface area (Å²) in [4.78, 5) is 19.4. The van der Waals surface area contributed by atoms with E-state index in [1.54, 1.807) is 18.0 Å². The average Bonchev–Trinajstić information content (AvgIpc) is 2.94.